The number of nitrogens with zero attached hydrogens (tertiary/aromatic N) is 3. The molecule has 1 unspecified atom stereocenters. The summed E-state index contributed by atoms with van der Waals surface area (Å²) in [5, 5.41) is 3.51. The topological polar surface area (TPSA) is 41.0 Å². The van der Waals surface area contributed by atoms with E-state index in [-0.39, 0.29) is 5.28 Å². The van der Waals surface area contributed by atoms with Crippen LogP contribution in [-0.2, 0) is 0 Å². The number of likely N-dealkylation sites (N-methyl/N-ethyl adjacent to an activating group) is 1. The van der Waals surface area contributed by atoms with Gasteiger partial charge in [0.05, 0.1) is 0 Å². The number of rotatable bonds is 4. The average molecular weight is 215 g/mol. The maximum atomic E-state index is 5.66. The van der Waals surface area contributed by atoms with Gasteiger partial charge in [-0.2, -0.15) is 0 Å². The van der Waals surface area contributed by atoms with E-state index in [1.54, 1.807) is 12.3 Å². The first kappa shape index (κ1) is 11.2. The summed E-state index contributed by atoms with van der Waals surface area (Å²) in [6.45, 7) is 3.04. The third kappa shape index (κ3) is 3.89. The highest BCUT2D eigenvalue weighted by atomic mass is 35.5. The highest BCUT2D eigenvalue weighted by Gasteiger charge is 2.04. The van der Waals surface area contributed by atoms with Crippen LogP contribution in [0.1, 0.15) is 6.92 Å². The van der Waals surface area contributed by atoms with Crippen LogP contribution in [0, 0.1) is 0 Å². The van der Waals surface area contributed by atoms with E-state index in [0.29, 0.717) is 6.04 Å². The van der Waals surface area contributed by atoms with E-state index in [1.165, 1.54) is 0 Å². The zero-order valence-corrected chi connectivity index (χ0v) is 9.41. The molecule has 1 aromatic heterocycles. The second kappa shape index (κ2) is 5.12. The molecule has 0 radical (unpaired) electrons. The number of nitrogens with one attached hydrogen (secondary N) is 1. The normalized spacial score (nSPS) is 12.9. The van der Waals surface area contributed by atoms with Crippen molar-refractivity contribution in [3.63, 3.8) is 0 Å². The molecule has 1 N–H and O–H groups in total. The van der Waals surface area contributed by atoms with Gasteiger partial charge in [-0.1, -0.05) is 0 Å². The van der Waals surface area contributed by atoms with Gasteiger partial charge >= 0.3 is 0 Å². The molecule has 1 aromatic rings. The van der Waals surface area contributed by atoms with Gasteiger partial charge in [0.1, 0.15) is 5.82 Å². The standard InChI is InChI=1S/C9H15ClN4/c1-7(6-14(2)3)12-8-4-5-11-9(10)13-8/h4-5,7H,6H2,1-3H3,(H,11,12,13). The molecule has 0 saturated heterocycles. The van der Waals surface area contributed by atoms with Gasteiger partial charge in [-0.15, -0.1) is 0 Å². The van der Waals surface area contributed by atoms with Gasteiger partial charge in [-0.3, -0.25) is 0 Å². The first-order valence-corrected chi connectivity index (χ1v) is 4.85. The van der Waals surface area contributed by atoms with Crippen LogP contribution in [0.25, 0.3) is 0 Å². The summed E-state index contributed by atoms with van der Waals surface area (Å²) in [5.74, 6) is 0.763. The van der Waals surface area contributed by atoms with Crippen LogP contribution in [0.4, 0.5) is 5.82 Å². The molecule has 0 aliphatic carbocycles. The van der Waals surface area contributed by atoms with Crippen molar-refractivity contribution in [1.29, 1.82) is 0 Å². The highest BCUT2D eigenvalue weighted by molar-refractivity contribution is 6.28. The van der Waals surface area contributed by atoms with Crippen LogP contribution in [-0.4, -0.2) is 41.5 Å². The quantitative estimate of drug-likeness (QED) is 0.772. The number of hydrogen-bond donors (Lipinski definition) is 1. The van der Waals surface area contributed by atoms with E-state index in [4.69, 9.17) is 11.6 Å². The SMILES string of the molecule is CC(CN(C)C)Nc1ccnc(Cl)n1. The Kier molecular flexibility index (Phi) is 4.10. The zero-order valence-electron chi connectivity index (χ0n) is 8.66. The summed E-state index contributed by atoms with van der Waals surface area (Å²) in [4.78, 5) is 9.97. The predicted octanol–water partition coefficient (Wildman–Crippen LogP) is 1.49. The fourth-order valence-electron chi connectivity index (χ4n) is 1.26. The summed E-state index contributed by atoms with van der Waals surface area (Å²) in [7, 11) is 4.07. The molecule has 78 valence electrons. The van der Waals surface area contributed by atoms with Crippen LogP contribution in [0.3, 0.4) is 0 Å². The lowest BCUT2D eigenvalue weighted by Gasteiger charge is -2.18. The lowest BCUT2D eigenvalue weighted by atomic mass is 10.3. The van der Waals surface area contributed by atoms with Gasteiger partial charge in [0.2, 0.25) is 5.28 Å². The Labute approximate surface area is 89.3 Å². The maximum absolute atomic E-state index is 5.66. The van der Waals surface area contributed by atoms with Crippen molar-refractivity contribution in [1.82, 2.24) is 14.9 Å². The van der Waals surface area contributed by atoms with Gasteiger partial charge in [-0.25, -0.2) is 9.97 Å². The minimum absolute atomic E-state index is 0.270. The largest absolute Gasteiger partial charge is 0.366 e. The Morgan fingerprint density at radius 3 is 2.86 bits per heavy atom. The molecule has 0 saturated carbocycles. The number of aromatic nitrogens is 2. The van der Waals surface area contributed by atoms with E-state index < -0.39 is 0 Å². The Morgan fingerprint density at radius 2 is 2.29 bits per heavy atom. The number of halogens is 1. The zero-order chi connectivity index (χ0) is 10.6. The molecule has 0 aromatic carbocycles. The Balaban J connectivity index is 2.51. The lowest BCUT2D eigenvalue weighted by Crippen LogP contribution is -2.29. The molecule has 0 amide bonds. The van der Waals surface area contributed by atoms with E-state index >= 15 is 0 Å². The third-order valence-corrected chi connectivity index (χ3v) is 1.84. The summed E-state index contributed by atoms with van der Waals surface area (Å²) in [5.41, 5.74) is 0. The van der Waals surface area contributed by atoms with Gasteiger partial charge < -0.3 is 10.2 Å². The first-order valence-electron chi connectivity index (χ1n) is 4.47. The summed E-state index contributed by atoms with van der Waals surface area (Å²) >= 11 is 5.66. The van der Waals surface area contributed by atoms with E-state index in [0.717, 1.165) is 12.4 Å². The Morgan fingerprint density at radius 1 is 1.57 bits per heavy atom. The molecule has 0 fully saturated rings. The summed E-state index contributed by atoms with van der Waals surface area (Å²) in [6.07, 6.45) is 1.64. The summed E-state index contributed by atoms with van der Waals surface area (Å²) < 4.78 is 0. The molecule has 1 atom stereocenters. The van der Waals surface area contributed by atoms with Crippen LogP contribution < -0.4 is 5.32 Å². The van der Waals surface area contributed by atoms with Gasteiger partial charge in [0.15, 0.2) is 0 Å². The second-order valence-corrected chi connectivity index (χ2v) is 3.86. The molecule has 0 aliphatic heterocycles. The lowest BCUT2D eigenvalue weighted by molar-refractivity contribution is 0.392. The maximum Gasteiger partial charge on any atom is 0.224 e. The molecule has 1 rings (SSSR count). The van der Waals surface area contributed by atoms with Crippen LogP contribution in [0.5, 0.6) is 0 Å². The number of anilines is 1. The third-order valence-electron chi connectivity index (χ3n) is 1.66. The Bertz CT molecular complexity index is 290. The molecule has 14 heavy (non-hydrogen) atoms. The van der Waals surface area contributed by atoms with E-state index in [9.17, 15) is 0 Å². The van der Waals surface area contributed by atoms with Gasteiger partial charge in [0, 0.05) is 18.8 Å². The molecular formula is C9H15ClN4. The molecule has 4 nitrogen and oxygen atoms in total. The smallest absolute Gasteiger partial charge is 0.224 e. The van der Waals surface area contributed by atoms with Crippen molar-refractivity contribution in [2.24, 2.45) is 0 Å². The van der Waals surface area contributed by atoms with E-state index in [1.807, 2.05) is 14.1 Å². The van der Waals surface area contributed by atoms with Crippen molar-refractivity contribution >= 4 is 17.4 Å². The van der Waals surface area contributed by atoms with Crippen molar-refractivity contribution in [3.05, 3.63) is 17.5 Å². The van der Waals surface area contributed by atoms with Crippen molar-refractivity contribution in [2.45, 2.75) is 13.0 Å². The van der Waals surface area contributed by atoms with E-state index in [2.05, 4.69) is 27.1 Å². The molecular weight excluding hydrogens is 200 g/mol. The fourth-order valence-corrected chi connectivity index (χ4v) is 1.41. The minimum Gasteiger partial charge on any atom is -0.366 e. The monoisotopic (exact) mass is 214 g/mol. The van der Waals surface area contributed by atoms with Crippen LogP contribution in [0.15, 0.2) is 12.3 Å². The number of hydrogen-bond acceptors (Lipinski definition) is 4. The summed E-state index contributed by atoms with van der Waals surface area (Å²) in [6, 6.07) is 2.13. The predicted molar refractivity (Wildman–Crippen MR) is 58.7 cm³/mol. The highest BCUT2D eigenvalue weighted by Crippen LogP contribution is 2.07. The molecule has 0 aliphatic rings. The second-order valence-electron chi connectivity index (χ2n) is 3.52. The van der Waals surface area contributed by atoms with Gasteiger partial charge in [-0.05, 0) is 38.7 Å². The van der Waals surface area contributed by atoms with Crippen LogP contribution in [0.2, 0.25) is 5.28 Å². The van der Waals surface area contributed by atoms with Crippen molar-refractivity contribution in [3.8, 4) is 0 Å². The minimum atomic E-state index is 0.270. The molecule has 0 bridgehead atoms. The molecule has 5 heteroatoms. The van der Waals surface area contributed by atoms with Crippen molar-refractivity contribution in [2.75, 3.05) is 26.0 Å². The fraction of sp³-hybridized carbons (Fsp3) is 0.556. The Hall–Kier alpha value is -0.870. The molecule has 1 heterocycles. The van der Waals surface area contributed by atoms with Crippen LogP contribution >= 0.6 is 11.6 Å². The van der Waals surface area contributed by atoms with Crippen molar-refractivity contribution < 1.29 is 0 Å². The average Bonchev–Trinajstić information content (AvgIpc) is 2.01. The molecule has 0 spiro atoms. The first-order chi connectivity index (χ1) is 6.58. The van der Waals surface area contributed by atoms with Gasteiger partial charge in [0.25, 0.3) is 0 Å².